The van der Waals surface area contributed by atoms with Crippen molar-refractivity contribution < 1.29 is 9.53 Å². The number of hydrogen-bond donors (Lipinski definition) is 2. The predicted molar refractivity (Wildman–Crippen MR) is 137 cm³/mol. The first-order chi connectivity index (χ1) is 17.0. The maximum absolute atomic E-state index is 13.4. The SMILES string of the molecule is CC(C)Oc1ccc(-c2n[nH]c3c2CC(C(=O)N[C@@H]2CN(C)CC[C@H]2c2ccccc2)C=C3)cn1. The van der Waals surface area contributed by atoms with E-state index in [0.29, 0.717) is 18.2 Å². The zero-order valence-corrected chi connectivity index (χ0v) is 20.6. The average Bonchev–Trinajstić information content (AvgIpc) is 3.28. The van der Waals surface area contributed by atoms with Gasteiger partial charge in [0.05, 0.1) is 23.4 Å². The Hall–Kier alpha value is -3.45. The van der Waals surface area contributed by atoms with Gasteiger partial charge in [-0.15, -0.1) is 0 Å². The molecule has 5 rings (SSSR count). The van der Waals surface area contributed by atoms with Crippen LogP contribution in [-0.2, 0) is 11.2 Å². The van der Waals surface area contributed by atoms with Crippen LogP contribution in [0.3, 0.4) is 0 Å². The third-order valence-corrected chi connectivity index (χ3v) is 6.89. The van der Waals surface area contributed by atoms with E-state index in [-0.39, 0.29) is 24.0 Å². The Morgan fingerprint density at radius 3 is 2.77 bits per heavy atom. The van der Waals surface area contributed by atoms with Crippen LogP contribution in [-0.4, -0.2) is 58.3 Å². The van der Waals surface area contributed by atoms with Crippen LogP contribution in [0.25, 0.3) is 17.3 Å². The molecule has 0 radical (unpaired) electrons. The number of likely N-dealkylation sites (tertiary alicyclic amines) is 1. The van der Waals surface area contributed by atoms with Gasteiger partial charge in [-0.1, -0.05) is 36.4 Å². The van der Waals surface area contributed by atoms with Gasteiger partial charge in [0, 0.05) is 41.9 Å². The van der Waals surface area contributed by atoms with E-state index in [1.807, 2.05) is 44.2 Å². The van der Waals surface area contributed by atoms with E-state index >= 15 is 0 Å². The summed E-state index contributed by atoms with van der Waals surface area (Å²) in [5.41, 5.74) is 5.04. The fraction of sp³-hybridized carbons (Fsp3) is 0.393. The van der Waals surface area contributed by atoms with Gasteiger partial charge >= 0.3 is 0 Å². The number of likely N-dealkylation sites (N-methyl/N-ethyl adjacent to an activating group) is 1. The zero-order valence-electron chi connectivity index (χ0n) is 20.6. The number of fused-ring (bicyclic) bond motifs is 1. The lowest BCUT2D eigenvalue weighted by molar-refractivity contribution is -0.124. The zero-order chi connectivity index (χ0) is 24.4. The van der Waals surface area contributed by atoms with E-state index in [9.17, 15) is 4.79 Å². The van der Waals surface area contributed by atoms with Gasteiger partial charge in [0.25, 0.3) is 0 Å². The maximum atomic E-state index is 13.4. The molecule has 3 heterocycles. The van der Waals surface area contributed by atoms with Gasteiger partial charge < -0.3 is 15.0 Å². The Morgan fingerprint density at radius 2 is 2.03 bits per heavy atom. The molecule has 1 unspecified atom stereocenters. The van der Waals surface area contributed by atoms with Gasteiger partial charge in [-0.25, -0.2) is 4.98 Å². The normalized spacial score (nSPS) is 22.1. The largest absolute Gasteiger partial charge is 0.475 e. The van der Waals surface area contributed by atoms with E-state index in [4.69, 9.17) is 4.74 Å². The molecule has 1 aliphatic carbocycles. The number of aromatic amines is 1. The fourth-order valence-electron chi connectivity index (χ4n) is 5.12. The van der Waals surface area contributed by atoms with Crippen molar-refractivity contribution in [1.29, 1.82) is 0 Å². The highest BCUT2D eigenvalue weighted by molar-refractivity contribution is 5.84. The van der Waals surface area contributed by atoms with Gasteiger partial charge in [-0.2, -0.15) is 5.10 Å². The Morgan fingerprint density at radius 1 is 1.20 bits per heavy atom. The number of H-pyrrole nitrogens is 1. The third kappa shape index (κ3) is 5.15. The molecule has 1 aromatic carbocycles. The van der Waals surface area contributed by atoms with Crippen molar-refractivity contribution in [2.45, 2.75) is 44.8 Å². The number of ether oxygens (including phenoxy) is 1. The predicted octanol–water partition coefficient (Wildman–Crippen LogP) is 4.05. The molecule has 7 nitrogen and oxygen atoms in total. The molecule has 0 saturated carbocycles. The van der Waals surface area contributed by atoms with Crippen LogP contribution in [0.4, 0.5) is 0 Å². The highest BCUT2D eigenvalue weighted by atomic mass is 16.5. The lowest BCUT2D eigenvalue weighted by atomic mass is 9.84. The summed E-state index contributed by atoms with van der Waals surface area (Å²) in [5, 5.41) is 11.0. The molecule has 1 fully saturated rings. The van der Waals surface area contributed by atoms with E-state index in [2.05, 4.69) is 56.7 Å². The van der Waals surface area contributed by atoms with Gasteiger partial charge in [0.2, 0.25) is 11.8 Å². The lowest BCUT2D eigenvalue weighted by Crippen LogP contribution is -2.51. The van der Waals surface area contributed by atoms with Crippen LogP contribution in [0.15, 0.2) is 54.7 Å². The number of aromatic nitrogens is 3. The Balaban J connectivity index is 1.31. The molecule has 1 amide bonds. The van der Waals surface area contributed by atoms with Crippen molar-refractivity contribution in [3.05, 3.63) is 71.6 Å². The quantitative estimate of drug-likeness (QED) is 0.567. The van der Waals surface area contributed by atoms with Gasteiger partial charge in [-0.05, 0) is 58.0 Å². The molecule has 2 aliphatic rings. The number of pyridine rings is 1. The number of carbonyl (C=O) groups excluding carboxylic acids is 1. The molecule has 3 aromatic rings. The van der Waals surface area contributed by atoms with Crippen molar-refractivity contribution in [3.63, 3.8) is 0 Å². The van der Waals surface area contributed by atoms with Crippen LogP contribution >= 0.6 is 0 Å². The van der Waals surface area contributed by atoms with Crippen LogP contribution in [0.5, 0.6) is 5.88 Å². The summed E-state index contributed by atoms with van der Waals surface area (Å²) in [6, 6.07) is 14.5. The lowest BCUT2D eigenvalue weighted by Gasteiger charge is -2.38. The van der Waals surface area contributed by atoms with Crippen LogP contribution < -0.4 is 10.1 Å². The molecule has 3 atom stereocenters. The van der Waals surface area contributed by atoms with Gasteiger partial charge in [0.15, 0.2) is 0 Å². The minimum Gasteiger partial charge on any atom is -0.475 e. The summed E-state index contributed by atoms with van der Waals surface area (Å²) in [4.78, 5) is 20.2. The second-order valence-electron chi connectivity index (χ2n) is 9.87. The number of hydrogen-bond acceptors (Lipinski definition) is 5. The van der Waals surface area contributed by atoms with Crippen molar-refractivity contribution in [2.24, 2.45) is 5.92 Å². The highest BCUT2D eigenvalue weighted by Crippen LogP contribution is 2.32. The van der Waals surface area contributed by atoms with Crippen molar-refractivity contribution in [3.8, 4) is 17.1 Å². The maximum Gasteiger partial charge on any atom is 0.227 e. The molecule has 0 spiro atoms. The first-order valence-corrected chi connectivity index (χ1v) is 12.4. The van der Waals surface area contributed by atoms with Crippen LogP contribution in [0.2, 0.25) is 0 Å². The standard InChI is InChI=1S/C28H33N5O2/c1-18(2)35-26-12-10-21(16-29-26)27-23-15-20(9-11-24(23)31-32-27)28(34)30-25-17-33(3)14-13-22(25)19-7-5-4-6-8-19/h4-12,16,18,20,22,25H,13-15,17H2,1-3H3,(H,30,34)(H,31,32)/t20?,22-,25+/m0/s1. The number of amides is 1. The first-order valence-electron chi connectivity index (χ1n) is 12.4. The third-order valence-electron chi connectivity index (χ3n) is 6.89. The monoisotopic (exact) mass is 471 g/mol. The fourth-order valence-corrected chi connectivity index (χ4v) is 5.12. The van der Waals surface area contributed by atoms with Crippen molar-refractivity contribution >= 4 is 12.0 Å². The molecule has 2 aromatic heterocycles. The summed E-state index contributed by atoms with van der Waals surface area (Å²) >= 11 is 0. The summed E-state index contributed by atoms with van der Waals surface area (Å²) in [6.45, 7) is 5.83. The number of carbonyl (C=O) groups is 1. The summed E-state index contributed by atoms with van der Waals surface area (Å²) < 4.78 is 5.66. The molecule has 0 bridgehead atoms. The van der Waals surface area contributed by atoms with E-state index in [1.54, 1.807) is 6.20 Å². The van der Waals surface area contributed by atoms with E-state index in [0.717, 1.165) is 42.0 Å². The summed E-state index contributed by atoms with van der Waals surface area (Å²) in [7, 11) is 2.12. The second-order valence-corrected chi connectivity index (χ2v) is 9.87. The van der Waals surface area contributed by atoms with E-state index < -0.39 is 0 Å². The molecule has 1 saturated heterocycles. The number of rotatable bonds is 6. The molecule has 35 heavy (non-hydrogen) atoms. The van der Waals surface area contributed by atoms with Gasteiger partial charge in [0.1, 0.15) is 0 Å². The summed E-state index contributed by atoms with van der Waals surface area (Å²) in [6.07, 6.45) is 7.45. The molecule has 182 valence electrons. The molecule has 2 N–H and O–H groups in total. The summed E-state index contributed by atoms with van der Waals surface area (Å²) in [5.74, 6) is 0.746. The minimum atomic E-state index is -0.237. The molecule has 1 aliphatic heterocycles. The smallest absolute Gasteiger partial charge is 0.227 e. The molecule has 7 heteroatoms. The van der Waals surface area contributed by atoms with Crippen LogP contribution in [0.1, 0.15) is 43.0 Å². The van der Waals surface area contributed by atoms with Crippen molar-refractivity contribution in [2.75, 3.05) is 20.1 Å². The Labute approximate surface area is 206 Å². The van der Waals surface area contributed by atoms with Crippen LogP contribution in [0, 0.1) is 5.92 Å². The number of benzene rings is 1. The minimum absolute atomic E-state index is 0.0686. The average molecular weight is 472 g/mol. The molecular formula is C28H33N5O2. The second kappa shape index (κ2) is 10.0. The van der Waals surface area contributed by atoms with Gasteiger partial charge in [-0.3, -0.25) is 9.89 Å². The number of nitrogens with one attached hydrogen (secondary N) is 2. The highest BCUT2D eigenvalue weighted by Gasteiger charge is 2.33. The van der Waals surface area contributed by atoms with E-state index in [1.165, 1.54) is 5.56 Å². The Bertz CT molecular complexity index is 1190. The topological polar surface area (TPSA) is 83.1 Å². The Kier molecular flexibility index (Phi) is 6.68. The number of nitrogens with zero attached hydrogens (tertiary/aromatic N) is 3. The molecular weight excluding hydrogens is 438 g/mol. The number of piperidine rings is 1. The van der Waals surface area contributed by atoms with Crippen molar-refractivity contribution in [1.82, 2.24) is 25.4 Å². The first kappa shape index (κ1) is 23.3.